The van der Waals surface area contributed by atoms with E-state index in [0.29, 0.717) is 23.6 Å². The van der Waals surface area contributed by atoms with Gasteiger partial charge in [-0.15, -0.1) is 0 Å². The predicted octanol–water partition coefficient (Wildman–Crippen LogP) is 3.87. The van der Waals surface area contributed by atoms with E-state index in [2.05, 4.69) is 18.7 Å². The van der Waals surface area contributed by atoms with Gasteiger partial charge in [0.15, 0.2) is 0 Å². The zero-order valence-electron chi connectivity index (χ0n) is 13.2. The molecule has 4 heteroatoms. The fraction of sp³-hybridized carbons (Fsp3) is 0.647. The predicted molar refractivity (Wildman–Crippen MR) is 82.0 cm³/mol. The van der Waals surface area contributed by atoms with E-state index in [1.165, 1.54) is 25.0 Å². The van der Waals surface area contributed by atoms with Gasteiger partial charge in [0.1, 0.15) is 11.6 Å². The van der Waals surface area contributed by atoms with Crippen molar-refractivity contribution in [1.29, 1.82) is 0 Å². The van der Waals surface area contributed by atoms with Crippen molar-refractivity contribution in [2.75, 3.05) is 13.6 Å². The second-order valence-corrected chi connectivity index (χ2v) is 6.98. The van der Waals surface area contributed by atoms with Crippen molar-refractivity contribution in [2.24, 2.45) is 11.1 Å². The first-order chi connectivity index (χ1) is 9.84. The summed E-state index contributed by atoms with van der Waals surface area (Å²) in [4.78, 5) is 2.17. The molecule has 0 radical (unpaired) electrons. The van der Waals surface area contributed by atoms with Crippen molar-refractivity contribution >= 4 is 0 Å². The molecule has 2 N–H and O–H groups in total. The summed E-state index contributed by atoms with van der Waals surface area (Å²) < 4.78 is 27.1. The molecule has 1 aromatic carbocycles. The molecular weight excluding hydrogens is 270 g/mol. The molecule has 1 aliphatic carbocycles. The quantitative estimate of drug-likeness (QED) is 0.914. The molecule has 1 saturated carbocycles. The fourth-order valence-corrected chi connectivity index (χ4v) is 3.33. The van der Waals surface area contributed by atoms with Gasteiger partial charge in [0.2, 0.25) is 0 Å². The third kappa shape index (κ3) is 3.80. The van der Waals surface area contributed by atoms with E-state index in [4.69, 9.17) is 5.73 Å². The zero-order valence-corrected chi connectivity index (χ0v) is 13.2. The maximum Gasteiger partial charge on any atom is 0.130 e. The van der Waals surface area contributed by atoms with Gasteiger partial charge in [-0.25, -0.2) is 8.78 Å². The van der Waals surface area contributed by atoms with E-state index in [-0.39, 0.29) is 6.04 Å². The van der Waals surface area contributed by atoms with Crippen molar-refractivity contribution < 1.29 is 8.78 Å². The van der Waals surface area contributed by atoms with Gasteiger partial charge in [-0.3, -0.25) is 4.90 Å². The van der Waals surface area contributed by atoms with Gasteiger partial charge in [-0.05, 0) is 44.2 Å². The SMILES string of the molecule is CN(C1CCC(C)(C)CC1)C(CN)c1ccc(F)cc1F. The molecule has 1 fully saturated rings. The first-order valence-corrected chi connectivity index (χ1v) is 7.71. The van der Waals surface area contributed by atoms with Crippen molar-refractivity contribution in [3.05, 3.63) is 35.4 Å². The molecule has 118 valence electrons. The highest BCUT2D eigenvalue weighted by Gasteiger charge is 2.32. The molecule has 2 nitrogen and oxygen atoms in total. The average molecular weight is 296 g/mol. The molecule has 1 aliphatic rings. The van der Waals surface area contributed by atoms with E-state index in [1.54, 1.807) is 0 Å². The van der Waals surface area contributed by atoms with E-state index in [0.717, 1.165) is 18.9 Å². The monoisotopic (exact) mass is 296 g/mol. The first kappa shape index (κ1) is 16.4. The average Bonchev–Trinajstić information content (AvgIpc) is 2.41. The molecule has 2 rings (SSSR count). The Hall–Kier alpha value is -1.00. The van der Waals surface area contributed by atoms with Gasteiger partial charge in [0.25, 0.3) is 0 Å². The summed E-state index contributed by atoms with van der Waals surface area (Å²) in [6, 6.07) is 3.98. The van der Waals surface area contributed by atoms with Crippen LogP contribution in [0.5, 0.6) is 0 Å². The summed E-state index contributed by atoms with van der Waals surface area (Å²) in [5.74, 6) is -1.05. The van der Waals surface area contributed by atoms with E-state index >= 15 is 0 Å². The molecule has 1 aromatic rings. The van der Waals surface area contributed by atoms with Crippen LogP contribution >= 0.6 is 0 Å². The maximum atomic E-state index is 14.0. The number of hydrogen-bond donors (Lipinski definition) is 1. The Bertz CT molecular complexity index is 478. The molecule has 0 bridgehead atoms. The molecular formula is C17H26F2N2. The normalized spacial score (nSPS) is 20.7. The molecule has 0 spiro atoms. The Morgan fingerprint density at radius 1 is 1.29 bits per heavy atom. The van der Waals surface area contributed by atoms with Gasteiger partial charge in [0, 0.05) is 30.3 Å². The molecule has 1 atom stereocenters. The summed E-state index contributed by atoms with van der Waals surface area (Å²) in [6.45, 7) is 4.92. The van der Waals surface area contributed by atoms with Crippen LogP contribution in [0.2, 0.25) is 0 Å². The minimum Gasteiger partial charge on any atom is -0.329 e. The van der Waals surface area contributed by atoms with Crippen LogP contribution in [0.1, 0.15) is 51.1 Å². The summed E-state index contributed by atoms with van der Waals surface area (Å²) in [5, 5.41) is 0. The van der Waals surface area contributed by atoms with E-state index < -0.39 is 11.6 Å². The second kappa shape index (κ2) is 6.41. The number of likely N-dealkylation sites (N-methyl/N-ethyl adjacent to an activating group) is 1. The van der Waals surface area contributed by atoms with Crippen LogP contribution in [0.4, 0.5) is 8.78 Å². The Balaban J connectivity index is 2.13. The van der Waals surface area contributed by atoms with Gasteiger partial charge in [-0.2, -0.15) is 0 Å². The van der Waals surface area contributed by atoms with Crippen LogP contribution in [0.25, 0.3) is 0 Å². The van der Waals surface area contributed by atoms with Gasteiger partial charge in [0.05, 0.1) is 0 Å². The number of halogens is 2. The first-order valence-electron chi connectivity index (χ1n) is 7.71. The van der Waals surface area contributed by atoms with E-state index in [1.807, 2.05) is 7.05 Å². The minimum absolute atomic E-state index is 0.197. The largest absolute Gasteiger partial charge is 0.329 e. The van der Waals surface area contributed by atoms with Crippen LogP contribution in [0.3, 0.4) is 0 Å². The highest BCUT2D eigenvalue weighted by Crippen LogP contribution is 2.38. The highest BCUT2D eigenvalue weighted by molar-refractivity contribution is 5.23. The molecule has 0 aliphatic heterocycles. The van der Waals surface area contributed by atoms with Gasteiger partial charge in [-0.1, -0.05) is 19.9 Å². The smallest absolute Gasteiger partial charge is 0.130 e. The van der Waals surface area contributed by atoms with Crippen LogP contribution in [-0.4, -0.2) is 24.5 Å². The van der Waals surface area contributed by atoms with Crippen molar-refractivity contribution in [3.63, 3.8) is 0 Å². The third-order valence-corrected chi connectivity index (χ3v) is 4.92. The Morgan fingerprint density at radius 3 is 2.43 bits per heavy atom. The van der Waals surface area contributed by atoms with Crippen LogP contribution < -0.4 is 5.73 Å². The van der Waals surface area contributed by atoms with Crippen LogP contribution in [0.15, 0.2) is 18.2 Å². The number of nitrogens with zero attached hydrogens (tertiary/aromatic N) is 1. The summed E-state index contributed by atoms with van der Waals surface area (Å²) in [6.07, 6.45) is 4.54. The standard InChI is InChI=1S/C17H26F2N2/c1-17(2)8-6-13(7-9-17)21(3)16(11-20)14-5-4-12(18)10-15(14)19/h4-5,10,13,16H,6-9,11,20H2,1-3H3. The number of hydrogen-bond acceptors (Lipinski definition) is 2. The number of benzene rings is 1. The molecule has 21 heavy (non-hydrogen) atoms. The molecule has 0 saturated heterocycles. The van der Waals surface area contributed by atoms with Gasteiger partial charge >= 0.3 is 0 Å². The lowest BCUT2D eigenvalue weighted by Gasteiger charge is -2.41. The highest BCUT2D eigenvalue weighted by atomic mass is 19.1. The fourth-order valence-electron chi connectivity index (χ4n) is 3.33. The maximum absolute atomic E-state index is 14.0. The number of rotatable bonds is 4. The van der Waals surface area contributed by atoms with Gasteiger partial charge < -0.3 is 5.73 Å². The topological polar surface area (TPSA) is 29.3 Å². The lowest BCUT2D eigenvalue weighted by molar-refractivity contribution is 0.0953. The Kier molecular flexibility index (Phi) is 4.99. The Labute approximate surface area is 126 Å². The minimum atomic E-state index is -0.547. The number of nitrogens with two attached hydrogens (primary N) is 1. The Morgan fingerprint density at radius 2 is 1.90 bits per heavy atom. The van der Waals surface area contributed by atoms with E-state index in [9.17, 15) is 8.78 Å². The molecule has 1 unspecified atom stereocenters. The zero-order chi connectivity index (χ0) is 15.6. The molecule has 0 amide bonds. The summed E-state index contributed by atoms with van der Waals surface area (Å²) in [5.41, 5.74) is 6.76. The van der Waals surface area contributed by atoms with Crippen molar-refractivity contribution in [1.82, 2.24) is 4.90 Å². The summed E-state index contributed by atoms with van der Waals surface area (Å²) >= 11 is 0. The lowest BCUT2D eigenvalue weighted by Crippen LogP contribution is -2.42. The van der Waals surface area contributed by atoms with Crippen LogP contribution in [0, 0.1) is 17.0 Å². The summed E-state index contributed by atoms with van der Waals surface area (Å²) in [7, 11) is 2.00. The second-order valence-electron chi connectivity index (χ2n) is 6.98. The molecule has 0 heterocycles. The molecule has 0 aromatic heterocycles. The lowest BCUT2D eigenvalue weighted by atomic mass is 9.75. The van der Waals surface area contributed by atoms with Crippen molar-refractivity contribution in [3.8, 4) is 0 Å². The van der Waals surface area contributed by atoms with Crippen molar-refractivity contribution in [2.45, 2.75) is 51.6 Å². The van der Waals surface area contributed by atoms with Crippen LogP contribution in [-0.2, 0) is 0 Å². The third-order valence-electron chi connectivity index (χ3n) is 4.92.